The quantitative estimate of drug-likeness (QED) is 0.930. The smallest absolute Gasteiger partial charge is 0.144 e. The monoisotopic (exact) mass is 270 g/mol. The van der Waals surface area contributed by atoms with Crippen LogP contribution in [0.15, 0.2) is 27.9 Å². The fourth-order valence-corrected chi connectivity index (χ4v) is 1.67. The normalized spacial score (nSPS) is 10.1. The fourth-order valence-electron chi connectivity index (χ4n) is 0.910. The molecule has 0 spiro atoms. The lowest BCUT2D eigenvalue weighted by molar-refractivity contribution is 1.04. The minimum absolute atomic E-state index is 0.680. The molecule has 0 saturated carbocycles. The van der Waals surface area contributed by atoms with Crippen LogP contribution in [0, 0.1) is 0 Å². The highest BCUT2D eigenvalue weighted by molar-refractivity contribution is 9.10. The second-order valence-corrected chi connectivity index (χ2v) is 4.09. The Morgan fingerprint density at radius 1 is 1.29 bits per heavy atom. The minimum Gasteiger partial charge on any atom is -0.363 e. The van der Waals surface area contributed by atoms with Gasteiger partial charge >= 0.3 is 0 Å². The molecule has 0 unspecified atom stereocenters. The van der Waals surface area contributed by atoms with Crippen molar-refractivity contribution in [2.75, 3.05) is 5.32 Å². The maximum Gasteiger partial charge on any atom is 0.144 e. The van der Waals surface area contributed by atoms with E-state index in [-0.39, 0.29) is 0 Å². The van der Waals surface area contributed by atoms with Gasteiger partial charge in [-0.15, -0.1) is 11.3 Å². The van der Waals surface area contributed by atoms with Crippen LogP contribution < -0.4 is 5.32 Å². The van der Waals surface area contributed by atoms with Crippen LogP contribution in [0.4, 0.5) is 5.82 Å². The summed E-state index contributed by atoms with van der Waals surface area (Å²) in [6, 6.07) is 0. The van der Waals surface area contributed by atoms with Crippen molar-refractivity contribution in [2.24, 2.45) is 0 Å². The largest absolute Gasteiger partial charge is 0.363 e. The summed E-state index contributed by atoms with van der Waals surface area (Å²) in [5, 5.41) is 5.12. The summed E-state index contributed by atoms with van der Waals surface area (Å²) in [6.45, 7) is 0.680. The van der Waals surface area contributed by atoms with Crippen LogP contribution in [0.5, 0.6) is 0 Å². The van der Waals surface area contributed by atoms with Crippen molar-refractivity contribution in [2.45, 2.75) is 6.54 Å². The van der Waals surface area contributed by atoms with E-state index in [0.29, 0.717) is 6.54 Å². The van der Waals surface area contributed by atoms with Gasteiger partial charge in [0, 0.05) is 5.38 Å². The highest BCUT2D eigenvalue weighted by atomic mass is 79.9. The van der Waals surface area contributed by atoms with Gasteiger partial charge < -0.3 is 5.32 Å². The number of aromatic nitrogens is 3. The average Bonchev–Trinajstić information content (AvgIpc) is 2.70. The second-order valence-electron chi connectivity index (χ2n) is 2.56. The van der Waals surface area contributed by atoms with Crippen molar-refractivity contribution in [3.05, 3.63) is 33.6 Å². The molecule has 2 aromatic rings. The maximum absolute atomic E-state index is 4.15. The standard InChI is InChI=1S/C8H7BrN4S/c9-7-2-12-8(3-10-7)11-1-6-4-14-5-13-6/h2-5H,1H2,(H,11,12). The molecular weight excluding hydrogens is 264 g/mol. The summed E-state index contributed by atoms with van der Waals surface area (Å²) >= 11 is 4.81. The Balaban J connectivity index is 1.95. The van der Waals surface area contributed by atoms with E-state index in [9.17, 15) is 0 Å². The molecule has 0 aromatic carbocycles. The molecule has 2 rings (SSSR count). The van der Waals surface area contributed by atoms with E-state index < -0.39 is 0 Å². The molecule has 0 radical (unpaired) electrons. The average molecular weight is 271 g/mol. The topological polar surface area (TPSA) is 50.7 Å². The predicted molar refractivity (Wildman–Crippen MR) is 59.2 cm³/mol. The highest BCUT2D eigenvalue weighted by Gasteiger charge is 1.96. The maximum atomic E-state index is 4.15. The number of nitrogens with one attached hydrogen (secondary N) is 1. The van der Waals surface area contributed by atoms with Crippen LogP contribution >= 0.6 is 27.3 Å². The first-order valence-electron chi connectivity index (χ1n) is 3.93. The fraction of sp³-hybridized carbons (Fsp3) is 0.125. The van der Waals surface area contributed by atoms with Crippen molar-refractivity contribution in [1.29, 1.82) is 0 Å². The summed E-state index contributed by atoms with van der Waals surface area (Å²) in [4.78, 5) is 12.3. The van der Waals surface area contributed by atoms with Gasteiger partial charge in [0.25, 0.3) is 0 Å². The van der Waals surface area contributed by atoms with Gasteiger partial charge in [-0.25, -0.2) is 15.0 Å². The van der Waals surface area contributed by atoms with Crippen LogP contribution in [0.1, 0.15) is 5.69 Å². The molecule has 4 nitrogen and oxygen atoms in total. The lowest BCUT2D eigenvalue weighted by Gasteiger charge is -2.01. The molecule has 2 heterocycles. The van der Waals surface area contributed by atoms with Gasteiger partial charge in [0.1, 0.15) is 10.4 Å². The third-order valence-electron chi connectivity index (χ3n) is 1.55. The van der Waals surface area contributed by atoms with Crippen molar-refractivity contribution in [3.63, 3.8) is 0 Å². The van der Waals surface area contributed by atoms with E-state index >= 15 is 0 Å². The Hall–Kier alpha value is -1.01. The van der Waals surface area contributed by atoms with Crippen LogP contribution in [-0.2, 0) is 6.54 Å². The van der Waals surface area contributed by atoms with Gasteiger partial charge in [0.05, 0.1) is 30.1 Å². The number of nitrogens with zero attached hydrogens (tertiary/aromatic N) is 3. The molecule has 0 aliphatic carbocycles. The van der Waals surface area contributed by atoms with Gasteiger partial charge in [-0.2, -0.15) is 0 Å². The second kappa shape index (κ2) is 4.47. The molecule has 0 atom stereocenters. The number of rotatable bonds is 3. The number of halogens is 1. The third-order valence-corrected chi connectivity index (χ3v) is 2.60. The molecule has 14 heavy (non-hydrogen) atoms. The Bertz CT molecular complexity index is 386. The molecule has 0 aliphatic rings. The summed E-state index contributed by atoms with van der Waals surface area (Å²) in [7, 11) is 0. The third kappa shape index (κ3) is 2.49. The number of hydrogen-bond acceptors (Lipinski definition) is 5. The summed E-state index contributed by atoms with van der Waals surface area (Å²) < 4.78 is 0.733. The van der Waals surface area contributed by atoms with E-state index in [0.717, 1.165) is 16.1 Å². The van der Waals surface area contributed by atoms with Gasteiger partial charge in [-0.1, -0.05) is 0 Å². The first-order valence-corrected chi connectivity index (χ1v) is 5.66. The Morgan fingerprint density at radius 3 is 2.86 bits per heavy atom. The molecule has 2 aromatic heterocycles. The minimum atomic E-state index is 0.680. The lowest BCUT2D eigenvalue weighted by atomic mass is 10.5. The lowest BCUT2D eigenvalue weighted by Crippen LogP contribution is -2.01. The first kappa shape index (κ1) is 9.54. The van der Waals surface area contributed by atoms with Gasteiger partial charge in [0.2, 0.25) is 0 Å². The van der Waals surface area contributed by atoms with Gasteiger partial charge in [-0.05, 0) is 15.9 Å². The van der Waals surface area contributed by atoms with Crippen LogP contribution in [0.2, 0.25) is 0 Å². The van der Waals surface area contributed by atoms with E-state index in [2.05, 4.69) is 36.2 Å². The first-order chi connectivity index (χ1) is 6.84. The molecular formula is C8H7BrN4S. The molecule has 0 bridgehead atoms. The summed E-state index contributed by atoms with van der Waals surface area (Å²) in [6.07, 6.45) is 3.33. The van der Waals surface area contributed by atoms with Gasteiger partial charge in [0.15, 0.2) is 0 Å². The number of hydrogen-bond donors (Lipinski definition) is 1. The van der Waals surface area contributed by atoms with E-state index in [1.54, 1.807) is 23.7 Å². The summed E-state index contributed by atoms with van der Waals surface area (Å²) in [5.74, 6) is 0.751. The van der Waals surface area contributed by atoms with Crippen molar-refractivity contribution in [1.82, 2.24) is 15.0 Å². The van der Waals surface area contributed by atoms with Gasteiger partial charge in [-0.3, -0.25) is 0 Å². The zero-order valence-corrected chi connectivity index (χ0v) is 9.55. The number of thiazole rings is 1. The van der Waals surface area contributed by atoms with Crippen molar-refractivity contribution < 1.29 is 0 Å². The van der Waals surface area contributed by atoms with Crippen molar-refractivity contribution in [3.8, 4) is 0 Å². The molecule has 1 N–H and O–H groups in total. The molecule has 0 fully saturated rings. The SMILES string of the molecule is Brc1cnc(NCc2cscn2)cn1. The van der Waals surface area contributed by atoms with Crippen LogP contribution in [-0.4, -0.2) is 15.0 Å². The number of anilines is 1. The Morgan fingerprint density at radius 2 is 2.21 bits per heavy atom. The Kier molecular flexibility index (Phi) is 3.05. The molecule has 0 amide bonds. The molecule has 0 saturated heterocycles. The summed E-state index contributed by atoms with van der Waals surface area (Å²) in [5.41, 5.74) is 2.82. The van der Waals surface area contributed by atoms with Crippen LogP contribution in [0.3, 0.4) is 0 Å². The van der Waals surface area contributed by atoms with E-state index in [4.69, 9.17) is 0 Å². The zero-order chi connectivity index (χ0) is 9.80. The van der Waals surface area contributed by atoms with Crippen LogP contribution in [0.25, 0.3) is 0 Å². The highest BCUT2D eigenvalue weighted by Crippen LogP contribution is 2.08. The molecule has 72 valence electrons. The predicted octanol–water partition coefficient (Wildman–Crippen LogP) is 2.31. The van der Waals surface area contributed by atoms with Crippen molar-refractivity contribution >= 4 is 33.1 Å². The molecule has 6 heteroatoms. The molecule has 0 aliphatic heterocycles. The zero-order valence-electron chi connectivity index (χ0n) is 7.14. The van der Waals surface area contributed by atoms with E-state index in [1.165, 1.54) is 0 Å². The Labute approximate surface area is 93.6 Å². The van der Waals surface area contributed by atoms with E-state index in [1.807, 2.05) is 10.9 Å².